The van der Waals surface area contributed by atoms with Crippen molar-refractivity contribution in [3.05, 3.63) is 102 Å². The van der Waals surface area contributed by atoms with Gasteiger partial charge in [0.05, 0.1) is 6.61 Å². The van der Waals surface area contributed by atoms with Crippen molar-refractivity contribution in [3.63, 3.8) is 0 Å². The van der Waals surface area contributed by atoms with Gasteiger partial charge in [0.25, 0.3) is 0 Å². The Balaban J connectivity index is 1.89. The van der Waals surface area contributed by atoms with Crippen molar-refractivity contribution in [1.82, 2.24) is 0 Å². The van der Waals surface area contributed by atoms with E-state index in [9.17, 15) is 27.1 Å². The molecule has 2 nitrogen and oxygen atoms in total. The summed E-state index contributed by atoms with van der Waals surface area (Å²) in [6, 6.07) is 2.57. The van der Waals surface area contributed by atoms with Gasteiger partial charge in [-0.2, -0.15) is 8.78 Å². The molecule has 1 aliphatic carbocycles. The third-order valence-electron chi connectivity index (χ3n) is 6.28. The van der Waals surface area contributed by atoms with Crippen LogP contribution in [0.15, 0.2) is 84.5 Å². The zero-order chi connectivity index (χ0) is 26.3. The van der Waals surface area contributed by atoms with Crippen LogP contribution in [0, 0.1) is 17.6 Å². The summed E-state index contributed by atoms with van der Waals surface area (Å²) in [5, 5.41) is 9.30. The van der Waals surface area contributed by atoms with E-state index in [4.69, 9.17) is 4.74 Å². The molecule has 1 aromatic carbocycles. The van der Waals surface area contributed by atoms with Crippen LogP contribution in [0.3, 0.4) is 0 Å². The zero-order valence-electron chi connectivity index (χ0n) is 19.9. The average Bonchev–Trinajstić information content (AvgIpc) is 2.85. The fourth-order valence-corrected chi connectivity index (χ4v) is 4.10. The largest absolute Gasteiger partial charge is 0.505 e. The molecule has 0 aliphatic heterocycles. The van der Waals surface area contributed by atoms with Crippen LogP contribution in [-0.2, 0) is 4.74 Å². The summed E-state index contributed by atoms with van der Waals surface area (Å²) >= 11 is 0. The van der Waals surface area contributed by atoms with Crippen LogP contribution in [0.25, 0.3) is 0 Å². The molecule has 2 rings (SSSR count). The van der Waals surface area contributed by atoms with Crippen LogP contribution >= 0.6 is 0 Å². The van der Waals surface area contributed by atoms with Crippen LogP contribution in [0.2, 0.25) is 0 Å². The van der Waals surface area contributed by atoms with Gasteiger partial charge >= 0.3 is 0 Å². The number of ether oxygens (including phenoxy) is 1. The Morgan fingerprint density at radius 2 is 1.63 bits per heavy atom. The minimum absolute atomic E-state index is 0.106. The number of rotatable bonds is 11. The van der Waals surface area contributed by atoms with Gasteiger partial charge in [-0.05, 0) is 86.1 Å². The highest BCUT2D eigenvalue weighted by atomic mass is 19.2. The van der Waals surface area contributed by atoms with Crippen molar-refractivity contribution in [2.45, 2.75) is 51.4 Å². The molecule has 1 saturated carbocycles. The number of phenolic OH excluding ortho intramolecular Hbond substituents is 1. The molecule has 190 valence electrons. The molecule has 1 fully saturated rings. The third-order valence-corrected chi connectivity index (χ3v) is 6.28. The van der Waals surface area contributed by atoms with Gasteiger partial charge in [0, 0.05) is 5.57 Å². The molecule has 35 heavy (non-hydrogen) atoms. The van der Waals surface area contributed by atoms with E-state index in [0.29, 0.717) is 25.7 Å². The Morgan fingerprint density at radius 3 is 2.23 bits per heavy atom. The van der Waals surface area contributed by atoms with Gasteiger partial charge in [0.2, 0.25) is 11.6 Å². The number of allylic oxidation sites excluding steroid dienone is 7. The molecule has 0 spiro atoms. The summed E-state index contributed by atoms with van der Waals surface area (Å²) in [7, 11) is 0. The summed E-state index contributed by atoms with van der Waals surface area (Å²) < 4.78 is 75.5. The van der Waals surface area contributed by atoms with Crippen molar-refractivity contribution in [3.8, 4) is 5.75 Å². The molecule has 0 atom stereocenters. The predicted molar refractivity (Wildman–Crippen MR) is 129 cm³/mol. The van der Waals surface area contributed by atoms with Gasteiger partial charge in [-0.15, -0.1) is 0 Å². The van der Waals surface area contributed by atoms with Crippen LogP contribution < -0.4 is 0 Å². The van der Waals surface area contributed by atoms with Gasteiger partial charge in [0.1, 0.15) is 5.83 Å². The van der Waals surface area contributed by atoms with Gasteiger partial charge in [-0.25, -0.2) is 13.2 Å². The van der Waals surface area contributed by atoms with Crippen molar-refractivity contribution in [2.24, 2.45) is 5.92 Å². The molecule has 7 heteroatoms. The maximum atomic E-state index is 14.6. The van der Waals surface area contributed by atoms with Gasteiger partial charge < -0.3 is 9.84 Å². The van der Waals surface area contributed by atoms with Crippen LogP contribution in [0.5, 0.6) is 5.75 Å². The molecule has 0 amide bonds. The summed E-state index contributed by atoms with van der Waals surface area (Å²) in [5.41, 5.74) is -0.124. The van der Waals surface area contributed by atoms with E-state index in [-0.39, 0.29) is 35.2 Å². The lowest BCUT2D eigenvalue weighted by atomic mass is 9.76. The molecule has 0 unspecified atom stereocenters. The van der Waals surface area contributed by atoms with E-state index in [0.717, 1.165) is 25.0 Å². The molecule has 0 heterocycles. The number of hydrogen-bond donors (Lipinski definition) is 1. The first-order valence-electron chi connectivity index (χ1n) is 11.5. The third kappa shape index (κ3) is 7.20. The van der Waals surface area contributed by atoms with Gasteiger partial charge in [-0.1, -0.05) is 32.4 Å². The van der Waals surface area contributed by atoms with E-state index in [1.54, 1.807) is 6.92 Å². The van der Waals surface area contributed by atoms with E-state index in [1.807, 2.05) is 0 Å². The number of phenols is 1. The van der Waals surface area contributed by atoms with Gasteiger partial charge in [0.15, 0.2) is 23.2 Å². The first-order chi connectivity index (χ1) is 16.5. The average molecular weight is 495 g/mol. The summed E-state index contributed by atoms with van der Waals surface area (Å²) in [4.78, 5) is 0. The standard InChI is InChI=1S/C28H31F5O2/c1-6-35-19(5)26(31)25(30)18(4)17(3)15-23(29)16(2)7-8-20-9-11-21(12-10-20)22-13-14-24(34)28(33)27(22)32/h13-15,20-21,34H,2-12H2,1H3/b23-15+,26-25-. The Bertz CT molecular complexity index is 1060. The second-order valence-corrected chi connectivity index (χ2v) is 8.64. The topological polar surface area (TPSA) is 29.5 Å². The monoisotopic (exact) mass is 494 g/mol. The van der Waals surface area contributed by atoms with E-state index >= 15 is 0 Å². The summed E-state index contributed by atoms with van der Waals surface area (Å²) in [5.74, 6) is -6.67. The molecular formula is C28H31F5O2. The van der Waals surface area contributed by atoms with Crippen molar-refractivity contribution >= 4 is 0 Å². The number of benzene rings is 1. The van der Waals surface area contributed by atoms with Crippen molar-refractivity contribution < 1.29 is 31.8 Å². The van der Waals surface area contributed by atoms with Crippen LogP contribution in [0.4, 0.5) is 22.0 Å². The van der Waals surface area contributed by atoms with Crippen molar-refractivity contribution in [1.29, 1.82) is 0 Å². The lowest BCUT2D eigenvalue weighted by molar-refractivity contribution is 0.224. The Kier molecular flexibility index (Phi) is 10.1. The number of hydrogen-bond acceptors (Lipinski definition) is 2. The molecule has 1 N–H and O–H groups in total. The Labute approximate surface area is 203 Å². The predicted octanol–water partition coefficient (Wildman–Crippen LogP) is 8.95. The zero-order valence-corrected chi connectivity index (χ0v) is 19.9. The number of aromatic hydroxyl groups is 1. The Morgan fingerprint density at radius 1 is 1.00 bits per heavy atom. The second kappa shape index (κ2) is 12.6. The van der Waals surface area contributed by atoms with E-state index < -0.39 is 46.2 Å². The highest BCUT2D eigenvalue weighted by Gasteiger charge is 2.26. The maximum absolute atomic E-state index is 14.6. The molecule has 0 saturated heterocycles. The van der Waals surface area contributed by atoms with Gasteiger partial charge in [-0.3, -0.25) is 0 Å². The molecule has 1 aliphatic rings. The molecule has 0 aromatic heterocycles. The molecule has 0 bridgehead atoms. The highest BCUT2D eigenvalue weighted by Crippen LogP contribution is 2.40. The lowest BCUT2D eigenvalue weighted by Gasteiger charge is -2.29. The Hall–Kier alpha value is -3.09. The first-order valence-corrected chi connectivity index (χ1v) is 11.5. The van der Waals surface area contributed by atoms with E-state index in [1.165, 1.54) is 6.07 Å². The highest BCUT2D eigenvalue weighted by molar-refractivity contribution is 5.50. The molecular weight excluding hydrogens is 463 g/mol. The summed E-state index contributed by atoms with van der Waals surface area (Å²) in [6.07, 6.45) is 4.76. The maximum Gasteiger partial charge on any atom is 0.200 e. The van der Waals surface area contributed by atoms with Crippen LogP contribution in [0.1, 0.15) is 56.9 Å². The minimum atomic E-state index is -1.33. The lowest BCUT2D eigenvalue weighted by Crippen LogP contribution is -2.15. The van der Waals surface area contributed by atoms with E-state index in [2.05, 4.69) is 26.3 Å². The quantitative estimate of drug-likeness (QED) is 0.189. The van der Waals surface area contributed by atoms with Crippen molar-refractivity contribution in [2.75, 3.05) is 6.61 Å². The summed E-state index contributed by atoms with van der Waals surface area (Å²) in [6.45, 7) is 15.7. The second-order valence-electron chi connectivity index (χ2n) is 8.64. The first kappa shape index (κ1) is 28.1. The molecule has 0 radical (unpaired) electrons. The smallest absolute Gasteiger partial charge is 0.200 e. The number of halogens is 5. The fourth-order valence-electron chi connectivity index (χ4n) is 4.10. The van der Waals surface area contributed by atoms with Crippen LogP contribution in [-0.4, -0.2) is 11.7 Å². The fraction of sp³-hybridized carbons (Fsp3) is 0.357. The SMILES string of the molecule is C=C(/C=C(/F)C(=C)CCC1CCC(c2ccc(O)c(F)c2F)CC1)C(=C)/C(F)=C(/F)C(=C)OCC. The molecule has 1 aromatic rings. The minimum Gasteiger partial charge on any atom is -0.505 e. The normalized spacial score (nSPS) is 19.1.